The number of hydrogen-bond donors (Lipinski definition) is 0. The molecule has 0 spiro atoms. The second-order valence-electron chi connectivity index (χ2n) is 7.44. The van der Waals surface area contributed by atoms with Crippen LogP contribution in [0.3, 0.4) is 0 Å². The zero-order valence-electron chi connectivity index (χ0n) is 16.6. The maximum atomic E-state index is 13.2. The van der Waals surface area contributed by atoms with Crippen LogP contribution in [0.5, 0.6) is 0 Å². The lowest BCUT2D eigenvalue weighted by Gasteiger charge is -2.16. The van der Waals surface area contributed by atoms with Crippen LogP contribution < -0.4 is 0 Å². The second kappa shape index (κ2) is 9.02. The maximum Gasteiger partial charge on any atom is 0.389 e. The van der Waals surface area contributed by atoms with Crippen LogP contribution in [0.2, 0.25) is 0 Å². The molecule has 0 bridgehead atoms. The van der Waals surface area contributed by atoms with E-state index in [1.807, 2.05) is 60.7 Å². The molecule has 0 N–H and O–H groups in total. The first-order valence-electron chi connectivity index (χ1n) is 10.00. The van der Waals surface area contributed by atoms with Gasteiger partial charge in [-0.05, 0) is 29.7 Å². The van der Waals surface area contributed by atoms with Gasteiger partial charge in [0.15, 0.2) is 5.78 Å². The first-order valence-corrected chi connectivity index (χ1v) is 10.8. The number of para-hydroxylation sites is 1. The van der Waals surface area contributed by atoms with Crippen LogP contribution in [0.25, 0.3) is 21.3 Å². The summed E-state index contributed by atoms with van der Waals surface area (Å²) in [4.78, 5) is 17.1. The summed E-state index contributed by atoms with van der Waals surface area (Å²) >= 11 is 1.27. The third-order valence-electron chi connectivity index (χ3n) is 5.17. The zero-order chi connectivity index (χ0) is 21.8. The van der Waals surface area contributed by atoms with E-state index < -0.39 is 18.5 Å². The van der Waals surface area contributed by atoms with Gasteiger partial charge in [0.1, 0.15) is 0 Å². The Hall–Kier alpha value is -2.99. The highest BCUT2D eigenvalue weighted by molar-refractivity contribution is 7.18. The average molecular weight is 440 g/mol. The van der Waals surface area contributed by atoms with Crippen LogP contribution in [0.1, 0.15) is 40.5 Å². The van der Waals surface area contributed by atoms with Crippen molar-refractivity contribution in [1.29, 1.82) is 0 Å². The van der Waals surface area contributed by atoms with Crippen molar-refractivity contribution < 1.29 is 18.0 Å². The maximum absolute atomic E-state index is 13.2. The number of benzene rings is 3. The molecule has 0 amide bonds. The average Bonchev–Trinajstić information content (AvgIpc) is 3.21. The molecule has 0 aliphatic rings. The summed E-state index contributed by atoms with van der Waals surface area (Å²) in [5.74, 6) is -0.988. The van der Waals surface area contributed by atoms with Gasteiger partial charge in [-0.2, -0.15) is 13.2 Å². The fraction of sp³-hybridized carbons (Fsp3) is 0.200. The van der Waals surface area contributed by atoms with Gasteiger partial charge in [0.05, 0.1) is 21.6 Å². The largest absolute Gasteiger partial charge is 0.389 e. The van der Waals surface area contributed by atoms with Gasteiger partial charge in [-0.3, -0.25) is 4.79 Å². The number of fused-ring (bicyclic) bond motifs is 1. The molecule has 1 aromatic heterocycles. The molecule has 0 fully saturated rings. The van der Waals surface area contributed by atoms with Gasteiger partial charge < -0.3 is 0 Å². The number of hydrogen-bond acceptors (Lipinski definition) is 3. The number of alkyl halides is 3. The molecule has 4 aromatic rings. The molecule has 1 atom stereocenters. The fourth-order valence-corrected chi connectivity index (χ4v) is 4.69. The normalized spacial score (nSPS) is 12.7. The van der Waals surface area contributed by atoms with Crippen LogP contribution >= 0.6 is 11.3 Å². The fourth-order valence-electron chi connectivity index (χ4n) is 3.59. The number of carbonyl (C=O) groups is 1. The van der Waals surface area contributed by atoms with Gasteiger partial charge >= 0.3 is 6.18 Å². The Balaban J connectivity index is 1.48. The van der Waals surface area contributed by atoms with Crippen LogP contribution in [0.4, 0.5) is 13.2 Å². The standard InChI is InChI=1S/C25H20F3NOS/c26-25(27,28)16-20(24-29-21-8-4-5-9-23(21)31-24)14-15-22(30)19-12-10-18(11-13-19)17-6-2-1-3-7-17/h1-13,20H,14-16H2. The van der Waals surface area contributed by atoms with Crippen LogP contribution in [-0.4, -0.2) is 16.9 Å². The van der Waals surface area contributed by atoms with Crippen LogP contribution in [-0.2, 0) is 0 Å². The van der Waals surface area contributed by atoms with Crippen molar-refractivity contribution in [3.8, 4) is 11.1 Å². The predicted molar refractivity (Wildman–Crippen MR) is 118 cm³/mol. The number of rotatable bonds is 7. The Morgan fingerprint density at radius 1 is 0.871 bits per heavy atom. The highest BCUT2D eigenvalue weighted by atomic mass is 32.1. The van der Waals surface area contributed by atoms with E-state index in [1.54, 1.807) is 18.2 Å². The number of aromatic nitrogens is 1. The molecule has 0 aliphatic heterocycles. The first kappa shape index (κ1) is 21.2. The molecule has 0 radical (unpaired) electrons. The molecule has 3 aromatic carbocycles. The second-order valence-corrected chi connectivity index (χ2v) is 8.50. The quantitative estimate of drug-likeness (QED) is 0.277. The van der Waals surface area contributed by atoms with E-state index in [1.165, 1.54) is 11.3 Å². The summed E-state index contributed by atoms with van der Waals surface area (Å²) in [6.45, 7) is 0. The smallest absolute Gasteiger partial charge is 0.294 e. The minimum atomic E-state index is -4.32. The third kappa shape index (κ3) is 5.39. The number of halogens is 3. The summed E-state index contributed by atoms with van der Waals surface area (Å²) < 4.78 is 40.4. The van der Waals surface area contributed by atoms with E-state index in [9.17, 15) is 18.0 Å². The van der Waals surface area contributed by atoms with Crippen molar-refractivity contribution in [1.82, 2.24) is 4.98 Å². The minimum absolute atomic E-state index is 0.0430. The Labute approximate surface area is 182 Å². The molecule has 1 unspecified atom stereocenters. The monoisotopic (exact) mass is 439 g/mol. The summed E-state index contributed by atoms with van der Waals surface area (Å²) in [5.41, 5.74) is 3.23. The Morgan fingerprint density at radius 3 is 2.19 bits per heavy atom. The number of carbonyl (C=O) groups excluding carboxylic acids is 1. The summed E-state index contributed by atoms with van der Waals surface area (Å²) in [6, 6.07) is 24.3. The van der Waals surface area contributed by atoms with Gasteiger partial charge in [-0.15, -0.1) is 11.3 Å². The van der Waals surface area contributed by atoms with Crippen molar-refractivity contribution in [2.24, 2.45) is 0 Å². The molecular weight excluding hydrogens is 419 g/mol. The van der Waals surface area contributed by atoms with Gasteiger partial charge in [-0.1, -0.05) is 66.7 Å². The van der Waals surface area contributed by atoms with Crippen molar-refractivity contribution in [3.63, 3.8) is 0 Å². The molecular formula is C25H20F3NOS. The van der Waals surface area contributed by atoms with Crippen LogP contribution in [0.15, 0.2) is 78.9 Å². The molecule has 4 rings (SSSR count). The van der Waals surface area contributed by atoms with Gasteiger partial charge in [0.25, 0.3) is 0 Å². The van der Waals surface area contributed by atoms with Crippen molar-refractivity contribution in [3.05, 3.63) is 89.4 Å². The molecule has 31 heavy (non-hydrogen) atoms. The molecule has 0 saturated carbocycles. The molecule has 2 nitrogen and oxygen atoms in total. The van der Waals surface area contributed by atoms with E-state index in [-0.39, 0.29) is 18.6 Å². The highest BCUT2D eigenvalue weighted by Crippen LogP contribution is 2.38. The van der Waals surface area contributed by atoms with Gasteiger partial charge in [-0.25, -0.2) is 4.98 Å². The van der Waals surface area contributed by atoms with E-state index in [2.05, 4.69) is 4.98 Å². The van der Waals surface area contributed by atoms with Gasteiger partial charge in [0.2, 0.25) is 0 Å². The zero-order valence-corrected chi connectivity index (χ0v) is 17.4. The Bertz CT molecular complexity index is 1130. The molecule has 158 valence electrons. The van der Waals surface area contributed by atoms with E-state index in [0.717, 1.165) is 15.8 Å². The van der Waals surface area contributed by atoms with Crippen molar-refractivity contribution in [2.75, 3.05) is 0 Å². The molecule has 6 heteroatoms. The Kier molecular flexibility index (Phi) is 6.18. The SMILES string of the molecule is O=C(CCC(CC(F)(F)F)c1nc2ccccc2s1)c1ccc(-c2ccccc2)cc1. The topological polar surface area (TPSA) is 30.0 Å². The predicted octanol–water partition coefficient (Wildman–Crippen LogP) is 7.66. The van der Waals surface area contributed by atoms with E-state index in [0.29, 0.717) is 16.1 Å². The van der Waals surface area contributed by atoms with Crippen LogP contribution in [0, 0.1) is 0 Å². The van der Waals surface area contributed by atoms with Crippen molar-refractivity contribution >= 4 is 27.3 Å². The summed E-state index contributed by atoms with van der Waals surface area (Å²) in [5, 5.41) is 0.436. The highest BCUT2D eigenvalue weighted by Gasteiger charge is 2.34. The summed E-state index contributed by atoms with van der Waals surface area (Å²) in [7, 11) is 0. The molecule has 0 saturated heterocycles. The lowest BCUT2D eigenvalue weighted by Crippen LogP contribution is -2.15. The first-order chi connectivity index (χ1) is 14.9. The summed E-state index contributed by atoms with van der Waals surface area (Å²) in [6.07, 6.45) is -5.14. The van der Waals surface area contributed by atoms with E-state index in [4.69, 9.17) is 0 Å². The number of thiazole rings is 1. The lowest BCUT2D eigenvalue weighted by atomic mass is 9.95. The minimum Gasteiger partial charge on any atom is -0.294 e. The Morgan fingerprint density at radius 2 is 1.52 bits per heavy atom. The lowest BCUT2D eigenvalue weighted by molar-refractivity contribution is -0.139. The van der Waals surface area contributed by atoms with Gasteiger partial charge in [0, 0.05) is 17.9 Å². The number of ketones is 1. The number of Topliss-reactive ketones (excluding diaryl/α,β-unsaturated/α-hetero) is 1. The van der Waals surface area contributed by atoms with E-state index >= 15 is 0 Å². The number of nitrogens with zero attached hydrogens (tertiary/aromatic N) is 1. The van der Waals surface area contributed by atoms with Crippen molar-refractivity contribution in [2.45, 2.75) is 31.4 Å². The third-order valence-corrected chi connectivity index (χ3v) is 6.37. The molecule has 0 aliphatic carbocycles. The molecule has 1 heterocycles.